The standard InChI is InChI=1S/C17H25NO4/c1-6-13-9-8-10-14(7-2)16(13)18(15(19)11-21-4)12(3)17(20)22-5/h8-10,12H,6-7,11H2,1-5H3/t12-/m0/s1. The summed E-state index contributed by atoms with van der Waals surface area (Å²) in [5.74, 6) is -0.701. The summed E-state index contributed by atoms with van der Waals surface area (Å²) >= 11 is 0. The summed E-state index contributed by atoms with van der Waals surface area (Å²) in [7, 11) is 2.79. The van der Waals surface area contributed by atoms with Crippen LogP contribution in [0, 0.1) is 0 Å². The molecule has 1 amide bonds. The van der Waals surface area contributed by atoms with Crippen LogP contribution in [0.25, 0.3) is 0 Å². The van der Waals surface area contributed by atoms with Gasteiger partial charge in [0.15, 0.2) is 0 Å². The van der Waals surface area contributed by atoms with Crippen LogP contribution in [0.1, 0.15) is 31.9 Å². The molecule has 1 aromatic rings. The maximum absolute atomic E-state index is 12.5. The normalized spacial score (nSPS) is 11.9. The largest absolute Gasteiger partial charge is 0.467 e. The molecule has 0 spiro atoms. The number of anilines is 1. The molecule has 0 N–H and O–H groups in total. The van der Waals surface area contributed by atoms with Crippen LogP contribution in [0.2, 0.25) is 0 Å². The molecule has 0 fully saturated rings. The zero-order valence-electron chi connectivity index (χ0n) is 14.0. The van der Waals surface area contributed by atoms with E-state index in [1.165, 1.54) is 19.1 Å². The Bertz CT molecular complexity index is 505. The first-order chi connectivity index (χ1) is 10.5. The fourth-order valence-corrected chi connectivity index (χ4v) is 2.53. The van der Waals surface area contributed by atoms with Crippen LogP contribution < -0.4 is 4.90 Å². The van der Waals surface area contributed by atoms with Gasteiger partial charge in [0, 0.05) is 7.11 Å². The number of nitrogens with zero attached hydrogens (tertiary/aromatic N) is 1. The van der Waals surface area contributed by atoms with Crippen LogP contribution in [-0.4, -0.2) is 38.7 Å². The average molecular weight is 307 g/mol. The van der Waals surface area contributed by atoms with Crippen molar-refractivity contribution in [3.05, 3.63) is 29.3 Å². The van der Waals surface area contributed by atoms with Gasteiger partial charge >= 0.3 is 5.97 Å². The van der Waals surface area contributed by atoms with E-state index in [2.05, 4.69) is 0 Å². The molecule has 0 saturated heterocycles. The maximum atomic E-state index is 12.5. The molecular weight excluding hydrogens is 282 g/mol. The molecule has 0 aromatic heterocycles. The quantitative estimate of drug-likeness (QED) is 0.726. The van der Waals surface area contributed by atoms with E-state index in [4.69, 9.17) is 9.47 Å². The van der Waals surface area contributed by atoms with E-state index >= 15 is 0 Å². The number of aryl methyl sites for hydroxylation is 2. The second-order valence-electron chi connectivity index (χ2n) is 5.03. The van der Waals surface area contributed by atoms with E-state index < -0.39 is 12.0 Å². The number of methoxy groups -OCH3 is 2. The van der Waals surface area contributed by atoms with Crippen molar-refractivity contribution < 1.29 is 19.1 Å². The number of ether oxygens (including phenoxy) is 2. The van der Waals surface area contributed by atoms with Gasteiger partial charge in [-0.25, -0.2) is 4.79 Å². The van der Waals surface area contributed by atoms with E-state index in [1.807, 2.05) is 32.0 Å². The summed E-state index contributed by atoms with van der Waals surface area (Å²) in [6.45, 7) is 5.65. The first-order valence-corrected chi connectivity index (χ1v) is 7.51. The molecular formula is C17H25NO4. The topological polar surface area (TPSA) is 55.8 Å². The second-order valence-corrected chi connectivity index (χ2v) is 5.03. The van der Waals surface area contributed by atoms with Gasteiger partial charge in [-0.2, -0.15) is 0 Å². The molecule has 22 heavy (non-hydrogen) atoms. The minimum absolute atomic E-state index is 0.0808. The predicted octanol–water partition coefficient (Wildman–Crippen LogP) is 2.35. The third-order valence-electron chi connectivity index (χ3n) is 3.67. The molecule has 0 heterocycles. The smallest absolute Gasteiger partial charge is 0.328 e. The number of amides is 1. The van der Waals surface area contributed by atoms with Gasteiger partial charge in [-0.1, -0.05) is 32.0 Å². The predicted molar refractivity (Wildman–Crippen MR) is 86.0 cm³/mol. The molecule has 0 aliphatic heterocycles. The third kappa shape index (κ3) is 3.85. The van der Waals surface area contributed by atoms with Crippen molar-refractivity contribution in [3.8, 4) is 0 Å². The van der Waals surface area contributed by atoms with Crippen LogP contribution in [0.5, 0.6) is 0 Å². The van der Waals surface area contributed by atoms with Crippen LogP contribution in [0.3, 0.4) is 0 Å². The highest BCUT2D eigenvalue weighted by atomic mass is 16.5. The van der Waals surface area contributed by atoms with E-state index in [-0.39, 0.29) is 12.5 Å². The first-order valence-electron chi connectivity index (χ1n) is 7.51. The first kappa shape index (κ1) is 18.2. The minimum atomic E-state index is -0.703. The lowest BCUT2D eigenvalue weighted by Crippen LogP contribution is -2.46. The van der Waals surface area contributed by atoms with Crippen molar-refractivity contribution >= 4 is 17.6 Å². The number of esters is 1. The van der Waals surface area contributed by atoms with Crippen molar-refractivity contribution in [1.29, 1.82) is 0 Å². The molecule has 0 unspecified atom stereocenters. The molecule has 122 valence electrons. The van der Waals surface area contributed by atoms with Gasteiger partial charge in [0.05, 0.1) is 12.8 Å². The Morgan fingerprint density at radius 2 is 1.68 bits per heavy atom. The molecule has 1 aromatic carbocycles. The molecule has 5 heteroatoms. The molecule has 1 atom stereocenters. The number of hydrogen-bond donors (Lipinski definition) is 0. The van der Waals surface area contributed by atoms with Gasteiger partial charge in [0.2, 0.25) is 0 Å². The molecule has 0 bridgehead atoms. The lowest BCUT2D eigenvalue weighted by atomic mass is 10.0. The molecule has 0 aliphatic rings. The van der Waals surface area contributed by atoms with Crippen LogP contribution >= 0.6 is 0 Å². The van der Waals surface area contributed by atoms with E-state index in [9.17, 15) is 9.59 Å². The van der Waals surface area contributed by atoms with Crippen LogP contribution in [0.4, 0.5) is 5.69 Å². The Morgan fingerprint density at radius 1 is 1.14 bits per heavy atom. The highest BCUT2D eigenvalue weighted by molar-refractivity contribution is 6.01. The summed E-state index contributed by atoms with van der Waals surface area (Å²) in [4.78, 5) is 26.0. The van der Waals surface area contributed by atoms with E-state index in [0.29, 0.717) is 0 Å². The molecule has 1 rings (SSSR count). The third-order valence-corrected chi connectivity index (χ3v) is 3.67. The summed E-state index contributed by atoms with van der Waals surface area (Å²) in [6.07, 6.45) is 1.54. The van der Waals surface area contributed by atoms with Gasteiger partial charge in [0.1, 0.15) is 12.6 Å². The number of para-hydroxylation sites is 1. The van der Waals surface area contributed by atoms with E-state index in [1.54, 1.807) is 6.92 Å². The van der Waals surface area contributed by atoms with Crippen molar-refractivity contribution in [2.75, 3.05) is 25.7 Å². The zero-order valence-corrected chi connectivity index (χ0v) is 14.0. The summed E-state index contributed by atoms with van der Waals surface area (Å²) in [5.41, 5.74) is 2.85. The minimum Gasteiger partial charge on any atom is -0.467 e. The lowest BCUT2D eigenvalue weighted by Gasteiger charge is -2.31. The number of rotatable bonds is 7. The Kier molecular flexibility index (Phi) is 7.05. The van der Waals surface area contributed by atoms with Gasteiger partial charge in [-0.05, 0) is 30.9 Å². The Balaban J connectivity index is 3.44. The van der Waals surface area contributed by atoms with Gasteiger partial charge in [0.25, 0.3) is 5.91 Å². The van der Waals surface area contributed by atoms with Crippen molar-refractivity contribution in [3.63, 3.8) is 0 Å². The Hall–Kier alpha value is -1.88. The maximum Gasteiger partial charge on any atom is 0.328 e. The summed E-state index contributed by atoms with van der Waals surface area (Å²) in [5, 5.41) is 0. The Morgan fingerprint density at radius 3 is 2.09 bits per heavy atom. The van der Waals surface area contributed by atoms with Gasteiger partial charge in [-0.15, -0.1) is 0 Å². The van der Waals surface area contributed by atoms with Crippen molar-refractivity contribution in [2.24, 2.45) is 0 Å². The second kappa shape index (κ2) is 8.54. The lowest BCUT2D eigenvalue weighted by molar-refractivity contribution is -0.143. The zero-order chi connectivity index (χ0) is 16.7. The molecule has 5 nitrogen and oxygen atoms in total. The summed E-state index contributed by atoms with van der Waals surface area (Å²) in [6, 6.07) is 5.23. The molecule has 0 aliphatic carbocycles. The summed E-state index contributed by atoms with van der Waals surface area (Å²) < 4.78 is 9.79. The number of carbonyl (C=O) groups is 2. The number of hydrogen-bond acceptors (Lipinski definition) is 4. The highest BCUT2D eigenvalue weighted by Crippen LogP contribution is 2.29. The van der Waals surface area contributed by atoms with Crippen molar-refractivity contribution in [2.45, 2.75) is 39.7 Å². The Labute approximate surface area is 132 Å². The number of benzene rings is 1. The van der Waals surface area contributed by atoms with Crippen molar-refractivity contribution in [1.82, 2.24) is 0 Å². The highest BCUT2D eigenvalue weighted by Gasteiger charge is 2.30. The fraction of sp³-hybridized carbons (Fsp3) is 0.529. The molecule has 0 radical (unpaired) electrons. The van der Waals surface area contributed by atoms with Gasteiger partial charge < -0.3 is 9.47 Å². The van der Waals surface area contributed by atoms with E-state index in [0.717, 1.165) is 29.7 Å². The average Bonchev–Trinajstić information content (AvgIpc) is 2.54. The monoisotopic (exact) mass is 307 g/mol. The van der Waals surface area contributed by atoms with Crippen LogP contribution in [-0.2, 0) is 31.9 Å². The van der Waals surface area contributed by atoms with Gasteiger partial charge in [-0.3, -0.25) is 9.69 Å². The van der Waals surface area contributed by atoms with Crippen LogP contribution in [0.15, 0.2) is 18.2 Å². The number of carbonyl (C=O) groups excluding carboxylic acids is 2. The molecule has 0 saturated carbocycles. The fourth-order valence-electron chi connectivity index (χ4n) is 2.53. The SMILES string of the molecule is CCc1cccc(CC)c1N(C(=O)COC)[C@@H](C)C(=O)OC.